The smallest absolute Gasteiger partial charge is 0.251 e. The molecule has 2 aromatic rings. The zero-order chi connectivity index (χ0) is 20.5. The molecule has 0 fully saturated rings. The molecule has 0 spiro atoms. The molecule has 4 nitrogen and oxygen atoms in total. The van der Waals surface area contributed by atoms with Gasteiger partial charge in [-0.1, -0.05) is 69.7 Å². The highest BCUT2D eigenvalue weighted by Crippen LogP contribution is 2.13. The first-order valence-electron chi connectivity index (χ1n) is 10.2. The van der Waals surface area contributed by atoms with Crippen LogP contribution in [0.2, 0.25) is 0 Å². The minimum atomic E-state index is -0.585. The number of hydrogen-bond donors (Lipinski definition) is 2. The van der Waals surface area contributed by atoms with E-state index in [0.29, 0.717) is 5.56 Å². The maximum Gasteiger partial charge on any atom is 0.251 e. The minimum Gasteiger partial charge on any atom is -0.348 e. The molecule has 2 amide bonds. The first-order chi connectivity index (χ1) is 13.4. The summed E-state index contributed by atoms with van der Waals surface area (Å²) in [6.45, 7) is 7.98. The summed E-state index contributed by atoms with van der Waals surface area (Å²) in [5.41, 5.74) is 2.84. The lowest BCUT2D eigenvalue weighted by molar-refractivity contribution is -0.124. The molecule has 0 aromatic heterocycles. The van der Waals surface area contributed by atoms with Crippen LogP contribution in [-0.2, 0) is 11.2 Å². The van der Waals surface area contributed by atoms with Gasteiger partial charge in [-0.15, -0.1) is 0 Å². The van der Waals surface area contributed by atoms with Gasteiger partial charge in [0.2, 0.25) is 5.91 Å². The second kappa shape index (κ2) is 10.6. The fourth-order valence-corrected chi connectivity index (χ4v) is 3.09. The van der Waals surface area contributed by atoms with Gasteiger partial charge in [-0.3, -0.25) is 9.59 Å². The van der Waals surface area contributed by atoms with Gasteiger partial charge in [-0.05, 0) is 48.9 Å². The summed E-state index contributed by atoms with van der Waals surface area (Å²) in [5, 5.41) is 5.91. The Balaban J connectivity index is 2.01. The average Bonchev–Trinajstić information content (AvgIpc) is 2.70. The van der Waals surface area contributed by atoms with Crippen LogP contribution in [0.25, 0.3) is 0 Å². The fourth-order valence-electron chi connectivity index (χ4n) is 3.09. The van der Waals surface area contributed by atoms with E-state index in [1.807, 2.05) is 75.4 Å². The molecular weight excluding hydrogens is 348 g/mol. The van der Waals surface area contributed by atoms with Crippen LogP contribution in [0.3, 0.4) is 0 Å². The number of carbonyl (C=O) groups excluding carboxylic acids is 2. The average molecular weight is 381 g/mol. The summed E-state index contributed by atoms with van der Waals surface area (Å²) in [4.78, 5) is 25.4. The minimum absolute atomic E-state index is 0.0178. The molecule has 2 rings (SSSR count). The molecule has 0 aliphatic carbocycles. The molecule has 0 bridgehead atoms. The Hall–Kier alpha value is -2.62. The van der Waals surface area contributed by atoms with Gasteiger partial charge in [0.15, 0.2) is 0 Å². The highest BCUT2D eigenvalue weighted by atomic mass is 16.2. The molecule has 2 aromatic carbocycles. The van der Waals surface area contributed by atoms with Gasteiger partial charge < -0.3 is 10.6 Å². The van der Waals surface area contributed by atoms with Crippen LogP contribution < -0.4 is 10.6 Å². The van der Waals surface area contributed by atoms with Crippen LogP contribution in [0, 0.1) is 5.92 Å². The Morgan fingerprint density at radius 2 is 1.54 bits per heavy atom. The van der Waals surface area contributed by atoms with Crippen molar-refractivity contribution < 1.29 is 9.59 Å². The van der Waals surface area contributed by atoms with Crippen LogP contribution in [0.5, 0.6) is 0 Å². The van der Waals surface area contributed by atoms with Crippen molar-refractivity contribution in [2.45, 2.75) is 59.0 Å². The largest absolute Gasteiger partial charge is 0.348 e. The van der Waals surface area contributed by atoms with E-state index in [1.54, 1.807) is 0 Å². The van der Waals surface area contributed by atoms with Gasteiger partial charge in [0.25, 0.3) is 5.91 Å². The highest BCUT2D eigenvalue weighted by molar-refractivity contribution is 5.97. The Kier molecular flexibility index (Phi) is 8.24. The van der Waals surface area contributed by atoms with E-state index in [0.717, 1.165) is 24.8 Å². The van der Waals surface area contributed by atoms with Crippen molar-refractivity contribution in [1.82, 2.24) is 10.6 Å². The zero-order valence-corrected chi connectivity index (χ0v) is 17.4. The highest BCUT2D eigenvalue weighted by Gasteiger charge is 2.26. The molecule has 150 valence electrons. The summed E-state index contributed by atoms with van der Waals surface area (Å²) < 4.78 is 0. The van der Waals surface area contributed by atoms with E-state index < -0.39 is 6.04 Å². The molecule has 2 unspecified atom stereocenters. The van der Waals surface area contributed by atoms with Gasteiger partial charge in [0, 0.05) is 5.56 Å². The monoisotopic (exact) mass is 380 g/mol. The van der Waals surface area contributed by atoms with Gasteiger partial charge in [-0.2, -0.15) is 0 Å². The Morgan fingerprint density at radius 3 is 2.11 bits per heavy atom. The van der Waals surface area contributed by atoms with Crippen molar-refractivity contribution >= 4 is 11.8 Å². The number of aryl methyl sites for hydroxylation is 1. The molecule has 28 heavy (non-hydrogen) atoms. The van der Waals surface area contributed by atoms with E-state index in [1.165, 1.54) is 5.56 Å². The van der Waals surface area contributed by atoms with Crippen LogP contribution in [0.1, 0.15) is 68.1 Å². The van der Waals surface area contributed by atoms with Gasteiger partial charge in [-0.25, -0.2) is 0 Å². The van der Waals surface area contributed by atoms with Gasteiger partial charge in [0.1, 0.15) is 6.04 Å². The third-order valence-corrected chi connectivity index (χ3v) is 4.93. The van der Waals surface area contributed by atoms with Crippen molar-refractivity contribution in [1.29, 1.82) is 0 Å². The molecule has 0 saturated heterocycles. The van der Waals surface area contributed by atoms with Crippen LogP contribution >= 0.6 is 0 Å². The number of rotatable bonds is 9. The second-order valence-electron chi connectivity index (χ2n) is 7.64. The standard InChI is InChI=1S/C24H32N2O2/c1-5-6-10-19-13-15-21(16-14-19)23(27)26-22(17(2)3)24(28)25-18(4)20-11-8-7-9-12-20/h7-9,11-18,22H,5-6,10H2,1-4H3,(H,25,28)(H,26,27). The molecule has 0 aliphatic heterocycles. The molecule has 0 aliphatic rings. The van der Waals surface area contributed by atoms with Crippen molar-refractivity contribution in [2.75, 3.05) is 0 Å². The third kappa shape index (κ3) is 6.22. The Bertz CT molecular complexity index is 754. The lowest BCUT2D eigenvalue weighted by Gasteiger charge is -2.24. The summed E-state index contributed by atoms with van der Waals surface area (Å²) in [5.74, 6) is -0.404. The topological polar surface area (TPSA) is 58.2 Å². The van der Waals surface area contributed by atoms with Crippen molar-refractivity contribution in [3.8, 4) is 0 Å². The van der Waals surface area contributed by atoms with E-state index in [4.69, 9.17) is 0 Å². The van der Waals surface area contributed by atoms with Crippen molar-refractivity contribution in [3.05, 3.63) is 71.3 Å². The van der Waals surface area contributed by atoms with Crippen LogP contribution in [0.4, 0.5) is 0 Å². The van der Waals surface area contributed by atoms with E-state index in [-0.39, 0.29) is 23.8 Å². The molecule has 0 radical (unpaired) electrons. The summed E-state index contributed by atoms with van der Waals surface area (Å²) in [6.07, 6.45) is 3.31. The predicted octanol–water partition coefficient (Wildman–Crippen LogP) is 4.66. The fraction of sp³-hybridized carbons (Fsp3) is 0.417. The van der Waals surface area contributed by atoms with Crippen molar-refractivity contribution in [3.63, 3.8) is 0 Å². The Morgan fingerprint density at radius 1 is 0.893 bits per heavy atom. The first kappa shape index (κ1) is 21.7. The molecule has 4 heteroatoms. The quantitative estimate of drug-likeness (QED) is 0.665. The van der Waals surface area contributed by atoms with Gasteiger partial charge >= 0.3 is 0 Å². The lowest BCUT2D eigenvalue weighted by Crippen LogP contribution is -2.50. The van der Waals surface area contributed by atoms with Crippen LogP contribution in [-0.4, -0.2) is 17.9 Å². The lowest BCUT2D eigenvalue weighted by atomic mass is 10.0. The molecule has 0 heterocycles. The maximum atomic E-state index is 12.8. The van der Waals surface area contributed by atoms with E-state index >= 15 is 0 Å². The Labute approximate surface area is 168 Å². The van der Waals surface area contributed by atoms with Crippen molar-refractivity contribution in [2.24, 2.45) is 5.92 Å². The van der Waals surface area contributed by atoms with E-state index in [9.17, 15) is 9.59 Å². The normalized spacial score (nSPS) is 13.0. The number of hydrogen-bond acceptors (Lipinski definition) is 2. The first-order valence-corrected chi connectivity index (χ1v) is 10.2. The summed E-state index contributed by atoms with van der Waals surface area (Å²) >= 11 is 0. The SMILES string of the molecule is CCCCc1ccc(C(=O)NC(C(=O)NC(C)c2ccccc2)C(C)C)cc1. The summed E-state index contributed by atoms with van der Waals surface area (Å²) in [6, 6.07) is 16.8. The van der Waals surface area contributed by atoms with Gasteiger partial charge in [0.05, 0.1) is 6.04 Å². The third-order valence-electron chi connectivity index (χ3n) is 4.93. The van der Waals surface area contributed by atoms with Crippen LogP contribution in [0.15, 0.2) is 54.6 Å². The molecule has 2 atom stereocenters. The number of benzene rings is 2. The second-order valence-corrected chi connectivity index (χ2v) is 7.64. The summed E-state index contributed by atoms with van der Waals surface area (Å²) in [7, 11) is 0. The number of amides is 2. The number of carbonyl (C=O) groups is 2. The van der Waals surface area contributed by atoms with E-state index in [2.05, 4.69) is 17.6 Å². The number of unbranched alkanes of at least 4 members (excludes halogenated alkanes) is 1. The predicted molar refractivity (Wildman–Crippen MR) is 114 cm³/mol. The maximum absolute atomic E-state index is 12.8. The molecule has 2 N–H and O–H groups in total. The molecule has 0 saturated carbocycles. The zero-order valence-electron chi connectivity index (χ0n) is 17.4. The molecular formula is C24H32N2O2. The number of nitrogens with one attached hydrogen (secondary N) is 2.